The molecule has 1 aliphatic rings. The van der Waals surface area contributed by atoms with Crippen LogP contribution in [0.25, 0.3) is 0 Å². The summed E-state index contributed by atoms with van der Waals surface area (Å²) in [6, 6.07) is 14.6. The third-order valence-corrected chi connectivity index (χ3v) is 4.93. The highest BCUT2D eigenvalue weighted by atomic mass is 35.5. The first-order valence-corrected chi connectivity index (χ1v) is 9.54. The Morgan fingerprint density at radius 2 is 1.82 bits per heavy atom. The number of nitrogens with one attached hydrogen (secondary N) is 2. The highest BCUT2D eigenvalue weighted by Crippen LogP contribution is 2.33. The number of para-hydroxylation sites is 3. The number of halogens is 1. The van der Waals surface area contributed by atoms with Crippen molar-refractivity contribution in [1.29, 1.82) is 0 Å². The molecule has 1 amide bonds. The topological polar surface area (TPSA) is 81.1 Å². The lowest BCUT2D eigenvalue weighted by Crippen LogP contribution is -2.29. The Kier molecular flexibility index (Phi) is 5.55. The molecule has 1 aromatic heterocycles. The van der Waals surface area contributed by atoms with E-state index in [2.05, 4.69) is 20.9 Å². The molecule has 28 heavy (non-hydrogen) atoms. The second-order valence-electron chi connectivity index (χ2n) is 6.55. The normalized spacial score (nSPS) is 14.6. The van der Waals surface area contributed by atoms with Gasteiger partial charge in [-0.05, 0) is 50.2 Å². The Morgan fingerprint density at radius 1 is 1.11 bits per heavy atom. The van der Waals surface area contributed by atoms with Crippen LogP contribution in [0.1, 0.15) is 29.4 Å². The molecule has 0 aliphatic carbocycles. The summed E-state index contributed by atoms with van der Waals surface area (Å²) in [7, 11) is 0. The number of piperidine rings is 1. The summed E-state index contributed by atoms with van der Waals surface area (Å²) in [6.45, 7) is 1.89. The number of ether oxygens (including phenoxy) is 1. The van der Waals surface area contributed by atoms with Crippen molar-refractivity contribution in [3.8, 4) is 11.5 Å². The standard InChI is InChI=1S/C20H20ClN5O2/c21-15-5-1-3-7-18(15)28-19-8-4-2-6-16(19)23-20(27)17-13-26(25-24-17)14-9-11-22-12-10-14/h1-8,13-14,22H,9-12H2,(H,23,27). The molecule has 0 saturated carbocycles. The fraction of sp³-hybridized carbons (Fsp3) is 0.250. The molecule has 1 aliphatic heterocycles. The van der Waals surface area contributed by atoms with Crippen molar-refractivity contribution in [1.82, 2.24) is 20.3 Å². The maximum absolute atomic E-state index is 12.7. The second-order valence-corrected chi connectivity index (χ2v) is 6.95. The van der Waals surface area contributed by atoms with Gasteiger partial charge in [0.1, 0.15) is 5.75 Å². The van der Waals surface area contributed by atoms with Gasteiger partial charge in [-0.1, -0.05) is 41.1 Å². The van der Waals surface area contributed by atoms with E-state index < -0.39 is 0 Å². The van der Waals surface area contributed by atoms with Gasteiger partial charge in [0.25, 0.3) is 5.91 Å². The van der Waals surface area contributed by atoms with Gasteiger partial charge in [-0.3, -0.25) is 4.79 Å². The van der Waals surface area contributed by atoms with E-state index in [4.69, 9.17) is 16.3 Å². The molecule has 7 nitrogen and oxygen atoms in total. The van der Waals surface area contributed by atoms with Crippen LogP contribution in [0.5, 0.6) is 11.5 Å². The molecule has 0 spiro atoms. The fourth-order valence-corrected chi connectivity index (χ4v) is 3.30. The fourth-order valence-electron chi connectivity index (χ4n) is 3.12. The summed E-state index contributed by atoms with van der Waals surface area (Å²) in [5, 5.41) is 14.8. The van der Waals surface area contributed by atoms with E-state index in [0.29, 0.717) is 22.2 Å². The summed E-state index contributed by atoms with van der Waals surface area (Å²) in [6.07, 6.45) is 3.64. The first-order valence-electron chi connectivity index (χ1n) is 9.16. The van der Waals surface area contributed by atoms with Gasteiger partial charge in [0.05, 0.1) is 22.9 Å². The number of aromatic nitrogens is 3. The Balaban J connectivity index is 1.49. The number of benzene rings is 2. The van der Waals surface area contributed by atoms with Crippen LogP contribution in [0.3, 0.4) is 0 Å². The van der Waals surface area contributed by atoms with Crippen LogP contribution in [-0.2, 0) is 0 Å². The third kappa shape index (κ3) is 4.16. The molecule has 0 atom stereocenters. The molecule has 144 valence electrons. The SMILES string of the molecule is O=C(Nc1ccccc1Oc1ccccc1Cl)c1cn(C2CCNCC2)nn1. The van der Waals surface area contributed by atoms with Gasteiger partial charge in [0.15, 0.2) is 11.4 Å². The molecule has 0 bridgehead atoms. The Bertz CT molecular complexity index is 968. The lowest BCUT2D eigenvalue weighted by molar-refractivity contribution is 0.102. The first-order chi connectivity index (χ1) is 13.7. The molecule has 3 aromatic rings. The quantitative estimate of drug-likeness (QED) is 0.682. The Hall–Kier alpha value is -2.90. The maximum atomic E-state index is 12.7. The highest BCUT2D eigenvalue weighted by molar-refractivity contribution is 6.32. The zero-order valence-electron chi connectivity index (χ0n) is 15.1. The number of amides is 1. The number of anilines is 1. The van der Waals surface area contributed by atoms with Crippen molar-refractivity contribution >= 4 is 23.2 Å². The van der Waals surface area contributed by atoms with Gasteiger partial charge >= 0.3 is 0 Å². The molecule has 2 aromatic carbocycles. The maximum Gasteiger partial charge on any atom is 0.277 e. The van der Waals surface area contributed by atoms with Gasteiger partial charge in [0, 0.05) is 0 Å². The van der Waals surface area contributed by atoms with Crippen LogP contribution >= 0.6 is 11.6 Å². The number of hydrogen-bond acceptors (Lipinski definition) is 5. The molecule has 0 radical (unpaired) electrons. The van der Waals surface area contributed by atoms with E-state index in [0.717, 1.165) is 25.9 Å². The van der Waals surface area contributed by atoms with E-state index in [1.165, 1.54) is 0 Å². The minimum Gasteiger partial charge on any atom is -0.454 e. The van der Waals surface area contributed by atoms with Crippen LogP contribution in [0.4, 0.5) is 5.69 Å². The van der Waals surface area contributed by atoms with Crippen molar-refractivity contribution < 1.29 is 9.53 Å². The summed E-state index contributed by atoms with van der Waals surface area (Å²) < 4.78 is 7.66. The number of carbonyl (C=O) groups is 1. The predicted octanol–water partition coefficient (Wildman–Crippen LogP) is 3.90. The summed E-state index contributed by atoms with van der Waals surface area (Å²) in [5.74, 6) is 0.674. The summed E-state index contributed by atoms with van der Waals surface area (Å²) in [5.41, 5.74) is 0.801. The van der Waals surface area contributed by atoms with E-state index in [1.54, 1.807) is 35.1 Å². The molecule has 2 N–H and O–H groups in total. The summed E-state index contributed by atoms with van der Waals surface area (Å²) in [4.78, 5) is 12.7. The zero-order chi connectivity index (χ0) is 19.3. The molecule has 1 saturated heterocycles. The second kappa shape index (κ2) is 8.41. The van der Waals surface area contributed by atoms with E-state index in [-0.39, 0.29) is 17.6 Å². The van der Waals surface area contributed by atoms with Gasteiger partial charge < -0.3 is 15.4 Å². The van der Waals surface area contributed by atoms with Crippen molar-refractivity contribution in [2.75, 3.05) is 18.4 Å². The molecule has 8 heteroatoms. The Morgan fingerprint density at radius 3 is 2.61 bits per heavy atom. The molecule has 0 unspecified atom stereocenters. The number of carbonyl (C=O) groups excluding carboxylic acids is 1. The smallest absolute Gasteiger partial charge is 0.277 e. The Labute approximate surface area is 167 Å². The average Bonchev–Trinajstić information content (AvgIpc) is 3.22. The minimum absolute atomic E-state index is 0.270. The summed E-state index contributed by atoms with van der Waals surface area (Å²) >= 11 is 6.17. The van der Waals surface area contributed by atoms with Gasteiger partial charge in [-0.2, -0.15) is 0 Å². The van der Waals surface area contributed by atoms with Crippen LogP contribution in [0, 0.1) is 0 Å². The zero-order valence-corrected chi connectivity index (χ0v) is 15.9. The molecular formula is C20H20ClN5O2. The first kappa shape index (κ1) is 18.5. The van der Waals surface area contributed by atoms with Gasteiger partial charge in [-0.15, -0.1) is 5.10 Å². The van der Waals surface area contributed by atoms with Crippen molar-refractivity contribution in [3.05, 3.63) is 65.4 Å². The largest absolute Gasteiger partial charge is 0.454 e. The van der Waals surface area contributed by atoms with E-state index >= 15 is 0 Å². The highest BCUT2D eigenvalue weighted by Gasteiger charge is 2.19. The lowest BCUT2D eigenvalue weighted by Gasteiger charge is -2.22. The average molecular weight is 398 g/mol. The van der Waals surface area contributed by atoms with E-state index in [1.807, 2.05) is 24.3 Å². The van der Waals surface area contributed by atoms with Crippen LogP contribution in [0.15, 0.2) is 54.7 Å². The molecular weight excluding hydrogens is 378 g/mol. The number of nitrogens with zero attached hydrogens (tertiary/aromatic N) is 3. The molecule has 1 fully saturated rings. The third-order valence-electron chi connectivity index (χ3n) is 4.62. The van der Waals surface area contributed by atoms with Crippen LogP contribution in [-0.4, -0.2) is 34.0 Å². The van der Waals surface area contributed by atoms with Gasteiger partial charge in [-0.25, -0.2) is 4.68 Å². The van der Waals surface area contributed by atoms with Crippen molar-refractivity contribution in [3.63, 3.8) is 0 Å². The predicted molar refractivity (Wildman–Crippen MR) is 107 cm³/mol. The number of rotatable bonds is 5. The lowest BCUT2D eigenvalue weighted by atomic mass is 10.1. The number of hydrogen-bond donors (Lipinski definition) is 2. The minimum atomic E-state index is -0.338. The van der Waals surface area contributed by atoms with Gasteiger partial charge in [0.2, 0.25) is 0 Å². The molecule has 4 rings (SSSR count). The van der Waals surface area contributed by atoms with Crippen molar-refractivity contribution in [2.45, 2.75) is 18.9 Å². The molecule has 2 heterocycles. The van der Waals surface area contributed by atoms with Crippen LogP contribution < -0.4 is 15.4 Å². The van der Waals surface area contributed by atoms with Crippen molar-refractivity contribution in [2.24, 2.45) is 0 Å². The van der Waals surface area contributed by atoms with Crippen LogP contribution in [0.2, 0.25) is 5.02 Å². The van der Waals surface area contributed by atoms with E-state index in [9.17, 15) is 4.79 Å². The monoisotopic (exact) mass is 397 g/mol.